The van der Waals surface area contributed by atoms with Gasteiger partial charge in [-0.25, -0.2) is 4.79 Å². The Labute approximate surface area is 208 Å². The molecule has 192 valence electrons. The number of piperidine rings is 1. The van der Waals surface area contributed by atoms with E-state index in [0.29, 0.717) is 31.8 Å². The van der Waals surface area contributed by atoms with Crippen LogP contribution in [0.5, 0.6) is 0 Å². The van der Waals surface area contributed by atoms with Crippen LogP contribution in [0.1, 0.15) is 96.1 Å². The fourth-order valence-electron chi connectivity index (χ4n) is 6.59. The predicted molar refractivity (Wildman–Crippen MR) is 131 cm³/mol. The van der Waals surface area contributed by atoms with E-state index in [4.69, 9.17) is 0 Å². The molecule has 1 aromatic rings. The highest BCUT2D eigenvalue weighted by Gasteiger charge is 2.53. The van der Waals surface area contributed by atoms with Crippen LogP contribution in [-0.2, 0) is 22.6 Å². The summed E-state index contributed by atoms with van der Waals surface area (Å²) in [5, 5.41) is 11.9. The fraction of sp³-hybridized carbons (Fsp3) is 0.808. The first-order chi connectivity index (χ1) is 16.7. The SMILES string of the molecule is CC(C)(C)C1CCC2(CC1)NC(=O)N(CC(=O)N1CCC[C@@H](c3nnc4n3CCCCC4)C1)C2=O. The van der Waals surface area contributed by atoms with Crippen LogP contribution in [0.2, 0.25) is 0 Å². The Kier molecular flexibility index (Phi) is 6.38. The number of carbonyl (C=O) groups is 3. The number of urea groups is 1. The number of nitrogens with zero attached hydrogens (tertiary/aromatic N) is 5. The van der Waals surface area contributed by atoms with Crippen molar-refractivity contribution in [1.29, 1.82) is 0 Å². The van der Waals surface area contributed by atoms with Crippen molar-refractivity contribution < 1.29 is 14.4 Å². The van der Waals surface area contributed by atoms with E-state index in [2.05, 4.69) is 40.9 Å². The molecule has 2 saturated heterocycles. The number of rotatable bonds is 3. The molecule has 9 heteroatoms. The Morgan fingerprint density at radius 2 is 1.80 bits per heavy atom. The average Bonchev–Trinajstić information content (AvgIpc) is 3.21. The smallest absolute Gasteiger partial charge is 0.325 e. The van der Waals surface area contributed by atoms with E-state index in [1.54, 1.807) is 0 Å². The number of likely N-dealkylation sites (tertiary alicyclic amines) is 1. The molecule has 1 spiro atoms. The van der Waals surface area contributed by atoms with Crippen molar-refractivity contribution >= 4 is 17.8 Å². The van der Waals surface area contributed by atoms with Crippen LogP contribution >= 0.6 is 0 Å². The number of hydrogen-bond acceptors (Lipinski definition) is 5. The van der Waals surface area contributed by atoms with Crippen LogP contribution in [0.4, 0.5) is 4.79 Å². The minimum absolute atomic E-state index is 0.147. The standard InChI is InChI=1S/C26H40N6O3/c1-25(2,3)19-10-12-26(13-11-19)23(34)32(24(35)27-26)17-21(33)30-14-7-8-18(16-30)22-29-28-20-9-5-4-6-15-31(20)22/h18-19H,4-17H2,1-3H3,(H,27,35)/t18-,19?,26?/m1/s1. The number of fused-ring (bicyclic) bond motifs is 1. The van der Waals surface area contributed by atoms with Gasteiger partial charge < -0.3 is 14.8 Å². The summed E-state index contributed by atoms with van der Waals surface area (Å²) in [6.45, 7) is 8.69. The van der Waals surface area contributed by atoms with Crippen LogP contribution in [-0.4, -0.2) is 67.6 Å². The van der Waals surface area contributed by atoms with E-state index < -0.39 is 11.6 Å². The summed E-state index contributed by atoms with van der Waals surface area (Å²) in [5.74, 6) is 2.35. The molecule has 35 heavy (non-hydrogen) atoms. The van der Waals surface area contributed by atoms with Gasteiger partial charge in [-0.05, 0) is 62.7 Å². The van der Waals surface area contributed by atoms with E-state index in [1.165, 1.54) is 6.42 Å². The van der Waals surface area contributed by atoms with Crippen molar-refractivity contribution in [2.45, 2.75) is 103 Å². The van der Waals surface area contributed by atoms with Crippen LogP contribution in [0.3, 0.4) is 0 Å². The summed E-state index contributed by atoms with van der Waals surface area (Å²) >= 11 is 0. The molecule has 1 atom stereocenters. The van der Waals surface area contributed by atoms with Gasteiger partial charge in [0.25, 0.3) is 5.91 Å². The van der Waals surface area contributed by atoms with Gasteiger partial charge in [-0.15, -0.1) is 10.2 Å². The van der Waals surface area contributed by atoms with Crippen LogP contribution in [0.25, 0.3) is 0 Å². The number of amides is 4. The van der Waals surface area contributed by atoms with E-state index in [0.717, 1.165) is 68.0 Å². The molecule has 1 aliphatic carbocycles. The van der Waals surface area contributed by atoms with Crippen molar-refractivity contribution in [3.8, 4) is 0 Å². The Morgan fingerprint density at radius 1 is 1.03 bits per heavy atom. The Hall–Kier alpha value is -2.45. The summed E-state index contributed by atoms with van der Waals surface area (Å²) < 4.78 is 2.26. The third-order valence-corrected chi connectivity index (χ3v) is 8.88. The zero-order valence-electron chi connectivity index (χ0n) is 21.5. The first-order valence-electron chi connectivity index (χ1n) is 13.5. The molecule has 3 fully saturated rings. The van der Waals surface area contributed by atoms with Gasteiger partial charge in [0.2, 0.25) is 5.91 Å². The molecule has 1 N–H and O–H groups in total. The highest BCUT2D eigenvalue weighted by atomic mass is 16.2. The molecule has 3 aliphatic heterocycles. The zero-order valence-corrected chi connectivity index (χ0v) is 21.5. The molecule has 1 saturated carbocycles. The predicted octanol–water partition coefficient (Wildman–Crippen LogP) is 3.24. The maximum atomic E-state index is 13.4. The number of hydrogen-bond donors (Lipinski definition) is 1. The van der Waals surface area contributed by atoms with Gasteiger partial charge in [-0.3, -0.25) is 14.5 Å². The lowest BCUT2D eigenvalue weighted by Gasteiger charge is -2.40. The number of nitrogens with one attached hydrogen (secondary N) is 1. The second-order valence-corrected chi connectivity index (χ2v) is 12.2. The lowest BCUT2D eigenvalue weighted by atomic mass is 9.67. The maximum Gasteiger partial charge on any atom is 0.325 e. The van der Waals surface area contributed by atoms with E-state index in [9.17, 15) is 14.4 Å². The number of aromatic nitrogens is 3. The lowest BCUT2D eigenvalue weighted by Crippen LogP contribution is -2.51. The van der Waals surface area contributed by atoms with Gasteiger partial charge >= 0.3 is 6.03 Å². The molecule has 0 aromatic carbocycles. The Balaban J connectivity index is 1.23. The zero-order chi connectivity index (χ0) is 24.8. The molecule has 5 rings (SSSR count). The molecule has 4 amide bonds. The second-order valence-electron chi connectivity index (χ2n) is 12.2. The number of imide groups is 1. The van der Waals surface area contributed by atoms with Gasteiger partial charge in [0.05, 0.1) is 0 Å². The van der Waals surface area contributed by atoms with Crippen LogP contribution in [0.15, 0.2) is 0 Å². The summed E-state index contributed by atoms with van der Waals surface area (Å²) in [5.41, 5.74) is -0.640. The Bertz CT molecular complexity index is 988. The average molecular weight is 485 g/mol. The maximum absolute atomic E-state index is 13.4. The van der Waals surface area contributed by atoms with Gasteiger partial charge in [0.1, 0.15) is 23.7 Å². The number of carbonyl (C=O) groups excluding carboxylic acids is 3. The minimum Gasteiger partial charge on any atom is -0.340 e. The molecule has 0 bridgehead atoms. The fourth-order valence-corrected chi connectivity index (χ4v) is 6.59. The van der Waals surface area contributed by atoms with Crippen molar-refractivity contribution in [2.75, 3.05) is 19.6 Å². The molecular weight excluding hydrogens is 444 g/mol. The quantitative estimate of drug-likeness (QED) is 0.664. The normalized spacial score (nSPS) is 29.8. The third kappa shape index (κ3) is 4.58. The van der Waals surface area contributed by atoms with E-state index in [-0.39, 0.29) is 29.7 Å². The monoisotopic (exact) mass is 484 g/mol. The summed E-state index contributed by atoms with van der Waals surface area (Å²) in [6.07, 6.45) is 9.44. The molecule has 1 aromatic heterocycles. The van der Waals surface area contributed by atoms with Gasteiger partial charge in [0.15, 0.2) is 0 Å². The molecule has 0 radical (unpaired) electrons. The van der Waals surface area contributed by atoms with Crippen molar-refractivity contribution in [3.63, 3.8) is 0 Å². The molecule has 0 unspecified atom stereocenters. The number of aryl methyl sites for hydroxylation is 1. The Morgan fingerprint density at radius 3 is 2.54 bits per heavy atom. The largest absolute Gasteiger partial charge is 0.340 e. The summed E-state index contributed by atoms with van der Waals surface area (Å²) in [6, 6.07) is -0.422. The lowest BCUT2D eigenvalue weighted by molar-refractivity contribution is -0.140. The minimum atomic E-state index is -0.831. The topological polar surface area (TPSA) is 100 Å². The molecular formula is C26H40N6O3. The van der Waals surface area contributed by atoms with Crippen LogP contribution < -0.4 is 5.32 Å². The van der Waals surface area contributed by atoms with Gasteiger partial charge in [-0.2, -0.15) is 0 Å². The third-order valence-electron chi connectivity index (χ3n) is 8.88. The van der Waals surface area contributed by atoms with Crippen molar-refractivity contribution in [2.24, 2.45) is 11.3 Å². The summed E-state index contributed by atoms with van der Waals surface area (Å²) in [4.78, 5) is 42.4. The first kappa shape index (κ1) is 24.3. The second kappa shape index (κ2) is 9.21. The van der Waals surface area contributed by atoms with E-state index in [1.807, 2.05) is 4.90 Å². The first-order valence-corrected chi connectivity index (χ1v) is 13.5. The van der Waals surface area contributed by atoms with Crippen molar-refractivity contribution in [3.05, 3.63) is 11.6 Å². The van der Waals surface area contributed by atoms with Gasteiger partial charge in [0, 0.05) is 32.0 Å². The highest BCUT2D eigenvalue weighted by Crippen LogP contribution is 2.43. The molecule has 4 aliphatic rings. The molecule has 9 nitrogen and oxygen atoms in total. The van der Waals surface area contributed by atoms with Gasteiger partial charge in [-0.1, -0.05) is 27.2 Å². The highest BCUT2D eigenvalue weighted by molar-refractivity contribution is 6.09. The summed E-state index contributed by atoms with van der Waals surface area (Å²) in [7, 11) is 0. The van der Waals surface area contributed by atoms with Crippen LogP contribution in [0, 0.1) is 11.3 Å². The van der Waals surface area contributed by atoms with E-state index >= 15 is 0 Å². The van der Waals surface area contributed by atoms with Crippen molar-refractivity contribution in [1.82, 2.24) is 29.9 Å². The molecule has 4 heterocycles.